The number of nitrogens with zero attached hydrogens (tertiary/aromatic N) is 3. The number of hydrazine groups is 1. The summed E-state index contributed by atoms with van der Waals surface area (Å²) in [6, 6.07) is 11.4. The molecule has 1 aromatic heterocycles. The summed E-state index contributed by atoms with van der Waals surface area (Å²) in [5, 5.41) is 11.2. The number of benzene rings is 1. The third-order valence-corrected chi connectivity index (χ3v) is 5.84. The van der Waals surface area contributed by atoms with Crippen molar-refractivity contribution in [2.24, 2.45) is 17.0 Å². The molecule has 4 N–H and O–H groups in total. The first-order chi connectivity index (χ1) is 16.4. The molecule has 0 aliphatic carbocycles. The number of hydrogen-bond donors (Lipinski definition) is 2. The number of rotatable bonds is 8. The first-order valence-corrected chi connectivity index (χ1v) is 12.4. The van der Waals surface area contributed by atoms with Crippen LogP contribution in [0.3, 0.4) is 0 Å². The molecule has 0 saturated heterocycles. The highest BCUT2D eigenvalue weighted by Crippen LogP contribution is 2.28. The maximum absolute atomic E-state index is 13.3. The number of aromatic nitrogens is 1. The number of halogens is 2. The highest BCUT2D eigenvalue weighted by atomic mass is 79.9. The van der Waals surface area contributed by atoms with Crippen LogP contribution in [0.15, 0.2) is 58.2 Å². The van der Waals surface area contributed by atoms with Gasteiger partial charge in [0, 0.05) is 24.4 Å². The lowest BCUT2D eigenvalue weighted by Crippen LogP contribution is -2.40. The van der Waals surface area contributed by atoms with E-state index in [4.69, 9.17) is 16.3 Å². The minimum atomic E-state index is -0.517. The first-order valence-electron chi connectivity index (χ1n) is 11.6. The van der Waals surface area contributed by atoms with Crippen molar-refractivity contribution in [1.29, 1.82) is 5.26 Å². The van der Waals surface area contributed by atoms with Gasteiger partial charge in [0.05, 0.1) is 10.2 Å². The molecule has 8 heteroatoms. The topological polar surface area (TPSA) is 101 Å². The lowest BCUT2D eigenvalue weighted by molar-refractivity contribution is 0.208. The average Bonchev–Trinajstić information content (AvgIpc) is 2.82. The lowest BCUT2D eigenvalue weighted by Gasteiger charge is -2.27. The summed E-state index contributed by atoms with van der Waals surface area (Å²) in [7, 11) is 0. The molecule has 1 aromatic carbocycles. The van der Waals surface area contributed by atoms with Gasteiger partial charge in [-0.2, -0.15) is 5.26 Å². The fourth-order valence-corrected chi connectivity index (χ4v) is 3.55. The molecule has 2 rings (SSSR count). The van der Waals surface area contributed by atoms with Crippen molar-refractivity contribution in [2.45, 2.75) is 54.6 Å². The van der Waals surface area contributed by atoms with E-state index in [0.29, 0.717) is 34.5 Å². The minimum absolute atomic E-state index is 0.0502. The molecule has 0 aliphatic rings. The predicted octanol–water partition coefficient (Wildman–Crippen LogP) is 6.29. The van der Waals surface area contributed by atoms with Gasteiger partial charge >= 0.3 is 0 Å². The molecule has 2 aromatic rings. The molecule has 0 aliphatic heterocycles. The number of pyridine rings is 1. The van der Waals surface area contributed by atoms with Crippen LogP contribution in [0.25, 0.3) is 11.3 Å². The van der Waals surface area contributed by atoms with Gasteiger partial charge in [-0.3, -0.25) is 5.84 Å². The van der Waals surface area contributed by atoms with Crippen molar-refractivity contribution in [3.63, 3.8) is 0 Å². The summed E-state index contributed by atoms with van der Waals surface area (Å²) in [6.07, 6.45) is 1.40. The minimum Gasteiger partial charge on any atom is -0.468 e. The SMILES string of the molecule is C/C=C(CN(N)CC(C)(C)C)\C(N)=C(\Br)C(C)Oc1nc(-c2ccc(F)cc2)ccc1C#N.CC. The molecule has 190 valence electrons. The van der Waals surface area contributed by atoms with E-state index >= 15 is 0 Å². The van der Waals surface area contributed by atoms with Crippen molar-refractivity contribution in [2.75, 3.05) is 13.1 Å². The number of ether oxygens (including phenoxy) is 1. The van der Waals surface area contributed by atoms with E-state index in [-0.39, 0.29) is 22.7 Å². The van der Waals surface area contributed by atoms with Gasteiger partial charge in [0.1, 0.15) is 23.6 Å². The highest BCUT2D eigenvalue weighted by molar-refractivity contribution is 9.11. The Morgan fingerprint density at radius 3 is 2.34 bits per heavy atom. The Morgan fingerprint density at radius 1 is 1.23 bits per heavy atom. The molecule has 1 unspecified atom stereocenters. The second-order valence-electron chi connectivity index (χ2n) is 8.97. The van der Waals surface area contributed by atoms with Crippen LogP contribution < -0.4 is 16.3 Å². The summed E-state index contributed by atoms with van der Waals surface area (Å²) >= 11 is 3.55. The van der Waals surface area contributed by atoms with Crippen molar-refractivity contribution in [1.82, 2.24) is 9.99 Å². The van der Waals surface area contributed by atoms with Crippen molar-refractivity contribution >= 4 is 15.9 Å². The quantitative estimate of drug-likeness (QED) is 0.229. The molecule has 35 heavy (non-hydrogen) atoms. The van der Waals surface area contributed by atoms with Crippen LogP contribution in [-0.4, -0.2) is 29.2 Å². The number of nitrogens with two attached hydrogens (primary N) is 2. The van der Waals surface area contributed by atoms with E-state index in [2.05, 4.69) is 47.8 Å². The molecule has 0 bridgehead atoms. The van der Waals surface area contributed by atoms with Crippen LogP contribution in [0.5, 0.6) is 5.88 Å². The van der Waals surface area contributed by atoms with Gasteiger partial charge in [0.25, 0.3) is 0 Å². The van der Waals surface area contributed by atoms with E-state index < -0.39 is 6.10 Å². The van der Waals surface area contributed by atoms with Gasteiger partial charge in [-0.15, -0.1) is 0 Å². The van der Waals surface area contributed by atoms with Crippen molar-refractivity contribution in [3.05, 3.63) is 69.6 Å². The van der Waals surface area contributed by atoms with E-state index in [1.54, 1.807) is 29.3 Å². The monoisotopic (exact) mass is 545 g/mol. The number of allylic oxidation sites excluding steroid dienone is 1. The van der Waals surface area contributed by atoms with Crippen LogP contribution in [0.2, 0.25) is 0 Å². The molecule has 6 nitrogen and oxygen atoms in total. The molecule has 0 saturated carbocycles. The summed E-state index contributed by atoms with van der Waals surface area (Å²) in [6.45, 7) is 15.2. The Balaban J connectivity index is 0.00000298. The molecule has 0 radical (unpaired) electrons. The maximum Gasteiger partial charge on any atom is 0.232 e. The zero-order valence-corrected chi connectivity index (χ0v) is 23.3. The lowest BCUT2D eigenvalue weighted by atomic mass is 9.96. The van der Waals surface area contributed by atoms with Gasteiger partial charge in [0.15, 0.2) is 0 Å². The normalized spacial score (nSPS) is 13.4. The standard InChI is InChI=1S/C25H31BrFN5O.C2H6/c1-6-17(14-32(30)15-25(3,4)5)23(29)22(26)16(2)33-24-19(13-28)9-12-21(31-24)18-7-10-20(27)11-8-18;1-2/h6-12,16H,14-15,29-30H2,1-5H3;1-2H3/b17-6-,23-22-;. The first kappa shape index (κ1) is 30.3. The Kier molecular flexibility index (Phi) is 12.1. The second kappa shape index (κ2) is 14.0. The Labute approximate surface area is 217 Å². The molecule has 0 spiro atoms. The van der Waals surface area contributed by atoms with E-state index in [0.717, 1.165) is 5.57 Å². The second-order valence-corrected chi connectivity index (χ2v) is 9.82. The molecule has 0 fully saturated rings. The average molecular weight is 547 g/mol. The van der Waals surface area contributed by atoms with Gasteiger partial charge in [0.2, 0.25) is 5.88 Å². The third kappa shape index (κ3) is 9.44. The zero-order chi connectivity index (χ0) is 26.8. The molecule has 1 atom stereocenters. The smallest absolute Gasteiger partial charge is 0.232 e. The fourth-order valence-electron chi connectivity index (χ4n) is 3.20. The van der Waals surface area contributed by atoms with Crippen LogP contribution >= 0.6 is 15.9 Å². The largest absolute Gasteiger partial charge is 0.468 e. The van der Waals surface area contributed by atoms with Crippen LogP contribution in [0.1, 0.15) is 54.0 Å². The van der Waals surface area contributed by atoms with E-state index in [9.17, 15) is 9.65 Å². The molecule has 0 amide bonds. The van der Waals surface area contributed by atoms with E-state index in [1.807, 2.05) is 33.8 Å². The molecular weight excluding hydrogens is 509 g/mol. The molecular formula is C27H37BrFN5O. The fraction of sp³-hybridized carbons (Fsp3) is 0.407. The third-order valence-electron chi connectivity index (χ3n) is 4.77. The Morgan fingerprint density at radius 2 is 1.83 bits per heavy atom. The van der Waals surface area contributed by atoms with Gasteiger partial charge in [-0.1, -0.05) is 40.7 Å². The molecule has 1 heterocycles. The Hall–Kier alpha value is -2.73. The van der Waals surface area contributed by atoms with E-state index in [1.165, 1.54) is 12.1 Å². The van der Waals surface area contributed by atoms with Crippen molar-refractivity contribution in [3.8, 4) is 23.2 Å². The zero-order valence-electron chi connectivity index (χ0n) is 21.7. The van der Waals surface area contributed by atoms with Crippen LogP contribution in [0, 0.1) is 22.6 Å². The van der Waals surface area contributed by atoms with Crippen LogP contribution in [0.4, 0.5) is 4.39 Å². The summed E-state index contributed by atoms with van der Waals surface area (Å²) in [5.41, 5.74) is 9.42. The van der Waals surface area contributed by atoms with Crippen molar-refractivity contribution < 1.29 is 9.13 Å². The van der Waals surface area contributed by atoms with Gasteiger partial charge in [-0.05, 0) is 77.2 Å². The summed E-state index contributed by atoms with van der Waals surface area (Å²) in [4.78, 5) is 4.48. The summed E-state index contributed by atoms with van der Waals surface area (Å²) in [5.74, 6) is 6.03. The maximum atomic E-state index is 13.3. The number of hydrogen-bond acceptors (Lipinski definition) is 6. The number of nitriles is 1. The van der Waals surface area contributed by atoms with Crippen LogP contribution in [-0.2, 0) is 0 Å². The predicted molar refractivity (Wildman–Crippen MR) is 145 cm³/mol. The Bertz CT molecular complexity index is 1070. The van der Waals surface area contributed by atoms with Gasteiger partial charge < -0.3 is 10.5 Å². The summed E-state index contributed by atoms with van der Waals surface area (Å²) < 4.78 is 19.9. The highest BCUT2D eigenvalue weighted by Gasteiger charge is 2.20. The van der Waals surface area contributed by atoms with Gasteiger partial charge in [-0.25, -0.2) is 14.4 Å².